The number of hydrogen-bond donors (Lipinski definition) is 0. The Bertz CT molecular complexity index is 258. The van der Waals surface area contributed by atoms with Gasteiger partial charge in [0.2, 0.25) is 0 Å². The van der Waals surface area contributed by atoms with Gasteiger partial charge in [0.1, 0.15) is 0 Å². The fraction of sp³-hybridized carbons (Fsp3) is 0.167. The number of halogens is 3. The molecule has 1 rings (SSSR count). The van der Waals surface area contributed by atoms with Crippen LogP contribution in [0.4, 0.5) is 12.9 Å². The summed E-state index contributed by atoms with van der Waals surface area (Å²) in [5, 5.41) is 0. The molecule has 0 N–H and O–H groups in total. The summed E-state index contributed by atoms with van der Waals surface area (Å²) < 4.78 is 35.9. The van der Waals surface area contributed by atoms with Crippen LogP contribution in [0.3, 0.4) is 0 Å². The Hall–Kier alpha value is -0.995. The molecule has 0 aliphatic rings. The van der Waals surface area contributed by atoms with E-state index in [1.807, 2.05) is 0 Å². The van der Waals surface area contributed by atoms with Crippen LogP contribution in [-0.2, 0) is 0 Å². The van der Waals surface area contributed by atoms with Gasteiger partial charge in [-0.1, -0.05) is 12.1 Å². The third-order valence-electron chi connectivity index (χ3n) is 1.25. The second kappa shape index (κ2) is 2.56. The molecule has 0 radical (unpaired) electrons. The Balaban J connectivity index is 3.06. The van der Waals surface area contributed by atoms with Crippen LogP contribution in [0.25, 0.3) is 0 Å². The van der Waals surface area contributed by atoms with Gasteiger partial charge in [-0.15, -0.1) is 0 Å². The fourth-order valence-electron chi connectivity index (χ4n) is 0.746. The maximum Gasteiger partial charge on any atom is 0.527 e. The molecule has 11 heavy (non-hydrogen) atoms. The molecule has 0 fully saturated rings. The lowest BCUT2D eigenvalue weighted by molar-refractivity contribution is 0.498. The van der Waals surface area contributed by atoms with Crippen molar-refractivity contribution in [3.8, 4) is 0 Å². The molecule has 0 bridgehead atoms. The van der Waals surface area contributed by atoms with Crippen LogP contribution in [0.15, 0.2) is 18.2 Å². The maximum atomic E-state index is 12.0. The van der Waals surface area contributed by atoms with Crippen molar-refractivity contribution < 1.29 is 12.9 Å². The normalized spacial score (nSPS) is 11.6. The molecule has 1 nitrogen and oxygen atoms in total. The quantitative estimate of drug-likeness (QED) is 0.566. The molecule has 1 aromatic heterocycles. The molecule has 0 aliphatic heterocycles. The molecule has 60 valence electrons. The van der Waals surface area contributed by atoms with Gasteiger partial charge in [0, 0.05) is 5.69 Å². The molecule has 0 saturated carbocycles. The lowest BCUT2D eigenvalue weighted by Crippen LogP contribution is -2.36. The Morgan fingerprint density at radius 2 is 1.91 bits per heavy atom. The summed E-state index contributed by atoms with van der Waals surface area (Å²) in [7, 11) is 0. The zero-order valence-electron chi connectivity index (χ0n) is 5.89. The third kappa shape index (κ3) is 1.96. The monoisotopic (exact) mass is 160 g/mol. The largest absolute Gasteiger partial charge is 0.527 e. The van der Waals surface area contributed by atoms with Gasteiger partial charge in [-0.2, -0.15) is 0 Å². The highest BCUT2D eigenvalue weighted by Crippen LogP contribution is 2.06. The summed E-state index contributed by atoms with van der Waals surface area (Å²) in [6.45, 7) is -3.40. The molecule has 0 aromatic carbocycles. The zero-order valence-corrected chi connectivity index (χ0v) is 5.89. The SMILES string of the molecule is Cc1cccc([B-](F)(F)F)n1. The zero-order chi connectivity index (χ0) is 8.48. The van der Waals surface area contributed by atoms with E-state index >= 15 is 0 Å². The smallest absolute Gasteiger partial charge is 0.444 e. The van der Waals surface area contributed by atoms with Gasteiger partial charge in [0.25, 0.3) is 0 Å². The number of pyridine rings is 1. The predicted octanol–water partition coefficient (Wildman–Crippen LogP) is 1.44. The Kier molecular flexibility index (Phi) is 1.89. The highest BCUT2D eigenvalue weighted by molar-refractivity contribution is 6.72. The predicted molar refractivity (Wildman–Crippen MR) is 37.7 cm³/mol. The van der Waals surface area contributed by atoms with Crippen LogP contribution in [-0.4, -0.2) is 12.0 Å². The summed E-state index contributed by atoms with van der Waals surface area (Å²) in [6.07, 6.45) is 0. The van der Waals surface area contributed by atoms with Crippen molar-refractivity contribution in [3.05, 3.63) is 23.9 Å². The first-order chi connectivity index (χ1) is 5.00. The standard InChI is InChI=1S/C6H6BF3N/c1-5-3-2-4-6(11-5)7(8,9)10/h2-4H,1H3/q-1. The van der Waals surface area contributed by atoms with Crippen molar-refractivity contribution in [3.63, 3.8) is 0 Å². The number of hydrogen-bond acceptors (Lipinski definition) is 1. The van der Waals surface area contributed by atoms with Gasteiger partial charge in [-0.3, -0.25) is 4.98 Å². The molecule has 0 amide bonds. The molecule has 1 aromatic rings. The Morgan fingerprint density at radius 3 is 2.27 bits per heavy atom. The van der Waals surface area contributed by atoms with E-state index in [9.17, 15) is 12.9 Å². The number of rotatable bonds is 1. The molecule has 0 spiro atoms. The van der Waals surface area contributed by atoms with Gasteiger partial charge in [-0.25, -0.2) is 0 Å². The second-order valence-electron chi connectivity index (χ2n) is 2.28. The lowest BCUT2D eigenvalue weighted by Gasteiger charge is -2.13. The Morgan fingerprint density at radius 1 is 1.27 bits per heavy atom. The van der Waals surface area contributed by atoms with Crippen LogP contribution in [0.1, 0.15) is 5.69 Å². The molecular weight excluding hydrogens is 154 g/mol. The third-order valence-corrected chi connectivity index (χ3v) is 1.25. The number of aryl methyl sites for hydroxylation is 1. The first kappa shape index (κ1) is 8.10. The van der Waals surface area contributed by atoms with Crippen molar-refractivity contribution in [2.45, 2.75) is 6.92 Å². The molecule has 0 unspecified atom stereocenters. The average Bonchev–Trinajstić information content (AvgIpc) is 1.86. The summed E-state index contributed by atoms with van der Waals surface area (Å²) >= 11 is 0. The van der Waals surface area contributed by atoms with Crippen LogP contribution in [0, 0.1) is 6.92 Å². The maximum absolute atomic E-state index is 12.0. The topological polar surface area (TPSA) is 12.9 Å². The minimum absolute atomic E-state index is 0.390. The number of nitrogens with zero attached hydrogens (tertiary/aromatic N) is 1. The summed E-state index contributed by atoms with van der Waals surface area (Å²) in [6, 6.07) is 3.87. The van der Waals surface area contributed by atoms with Crippen LogP contribution in [0.2, 0.25) is 0 Å². The highest BCUT2D eigenvalue weighted by Gasteiger charge is 2.26. The average molecular weight is 160 g/mol. The van der Waals surface area contributed by atoms with E-state index in [4.69, 9.17) is 0 Å². The minimum atomic E-state index is -4.93. The van der Waals surface area contributed by atoms with E-state index in [1.165, 1.54) is 19.1 Å². The highest BCUT2D eigenvalue weighted by atomic mass is 19.4. The van der Waals surface area contributed by atoms with E-state index < -0.39 is 12.6 Å². The summed E-state index contributed by atoms with van der Waals surface area (Å²) in [5.74, 6) is 0. The van der Waals surface area contributed by atoms with Gasteiger partial charge in [0.05, 0.1) is 0 Å². The second-order valence-corrected chi connectivity index (χ2v) is 2.28. The first-order valence-corrected chi connectivity index (χ1v) is 3.13. The molecule has 0 saturated heterocycles. The lowest BCUT2D eigenvalue weighted by atomic mass is 9.85. The van der Waals surface area contributed by atoms with Gasteiger partial charge < -0.3 is 12.9 Å². The van der Waals surface area contributed by atoms with Gasteiger partial charge >= 0.3 is 6.98 Å². The molecule has 5 heteroatoms. The van der Waals surface area contributed by atoms with Crippen molar-refractivity contribution in [1.82, 2.24) is 4.98 Å². The van der Waals surface area contributed by atoms with Gasteiger partial charge in [0.15, 0.2) is 0 Å². The summed E-state index contributed by atoms with van der Waals surface area (Å²) in [5.41, 5.74) is -0.383. The minimum Gasteiger partial charge on any atom is -0.444 e. The molecular formula is C6H6BF3N-. The van der Waals surface area contributed by atoms with Crippen molar-refractivity contribution >= 4 is 12.6 Å². The molecule has 0 aliphatic carbocycles. The van der Waals surface area contributed by atoms with Crippen LogP contribution >= 0.6 is 0 Å². The number of aromatic nitrogens is 1. The van der Waals surface area contributed by atoms with Crippen LogP contribution in [0.5, 0.6) is 0 Å². The van der Waals surface area contributed by atoms with Gasteiger partial charge in [-0.05, 0) is 18.6 Å². The van der Waals surface area contributed by atoms with E-state index in [0.29, 0.717) is 5.69 Å². The molecule has 1 heterocycles. The van der Waals surface area contributed by atoms with E-state index in [-0.39, 0.29) is 0 Å². The summed E-state index contributed by atoms with van der Waals surface area (Å²) in [4.78, 5) is 3.35. The van der Waals surface area contributed by atoms with Crippen molar-refractivity contribution in [1.29, 1.82) is 0 Å². The van der Waals surface area contributed by atoms with E-state index in [1.54, 1.807) is 0 Å². The first-order valence-electron chi connectivity index (χ1n) is 3.13. The molecule has 0 atom stereocenters. The van der Waals surface area contributed by atoms with Crippen molar-refractivity contribution in [2.75, 3.05) is 0 Å². The van der Waals surface area contributed by atoms with E-state index in [2.05, 4.69) is 4.98 Å². The van der Waals surface area contributed by atoms with E-state index in [0.717, 1.165) is 6.07 Å². The van der Waals surface area contributed by atoms with Crippen LogP contribution < -0.4 is 5.59 Å². The fourth-order valence-corrected chi connectivity index (χ4v) is 0.746. The Labute approximate surface area is 62.3 Å². The van der Waals surface area contributed by atoms with Crippen molar-refractivity contribution in [2.24, 2.45) is 0 Å².